The molecular formula is C22H17ClN2O2S2. The van der Waals surface area contributed by atoms with Gasteiger partial charge < -0.3 is 0 Å². The summed E-state index contributed by atoms with van der Waals surface area (Å²) >= 11 is 7.63. The summed E-state index contributed by atoms with van der Waals surface area (Å²) in [7, 11) is -3.74. The monoisotopic (exact) mass is 440 g/mol. The fourth-order valence-electron chi connectivity index (χ4n) is 2.82. The summed E-state index contributed by atoms with van der Waals surface area (Å²) in [5, 5.41) is 3.30. The highest BCUT2D eigenvalue weighted by molar-refractivity contribution is 7.92. The van der Waals surface area contributed by atoms with Gasteiger partial charge in [0.05, 0.1) is 10.6 Å². The van der Waals surface area contributed by atoms with Gasteiger partial charge in [-0.25, -0.2) is 13.4 Å². The molecule has 1 N–H and O–H groups in total. The molecule has 4 nitrogen and oxygen atoms in total. The Hall–Kier alpha value is -2.67. The van der Waals surface area contributed by atoms with Crippen molar-refractivity contribution >= 4 is 38.6 Å². The lowest BCUT2D eigenvalue weighted by molar-refractivity contribution is 0.601. The topological polar surface area (TPSA) is 59.1 Å². The second kappa shape index (κ2) is 7.99. The number of aromatic nitrogens is 1. The third-order valence-corrected chi connectivity index (χ3v) is 7.07. The predicted octanol–water partition coefficient (Wildman–Crippen LogP) is 6.24. The van der Waals surface area contributed by atoms with Crippen molar-refractivity contribution in [2.45, 2.75) is 11.8 Å². The van der Waals surface area contributed by atoms with Crippen molar-refractivity contribution in [3.63, 3.8) is 0 Å². The maximum absolute atomic E-state index is 12.7. The number of halogens is 1. The molecule has 0 saturated heterocycles. The van der Waals surface area contributed by atoms with Gasteiger partial charge in [-0.05, 0) is 36.8 Å². The van der Waals surface area contributed by atoms with Crippen LogP contribution in [-0.2, 0) is 10.0 Å². The van der Waals surface area contributed by atoms with Crippen molar-refractivity contribution in [1.29, 1.82) is 0 Å². The van der Waals surface area contributed by atoms with Gasteiger partial charge in [0.2, 0.25) is 0 Å². The van der Waals surface area contributed by atoms with Crippen LogP contribution in [0.15, 0.2) is 83.1 Å². The largest absolute Gasteiger partial charge is 0.280 e. The standard InChI is InChI=1S/C22H17ClN2O2S2/c1-15-10-11-19(13-20(15)23)29(26,27)25-18-9-5-8-17(12-18)21-14-28-22(24-21)16-6-3-2-4-7-16/h2-14,25H,1H3. The molecule has 7 heteroatoms. The van der Waals surface area contributed by atoms with Crippen LogP contribution in [-0.4, -0.2) is 13.4 Å². The summed E-state index contributed by atoms with van der Waals surface area (Å²) < 4.78 is 28.1. The Morgan fingerprint density at radius 2 is 1.69 bits per heavy atom. The number of benzene rings is 3. The number of thiazole rings is 1. The first-order chi connectivity index (χ1) is 13.9. The van der Waals surface area contributed by atoms with Crippen LogP contribution >= 0.6 is 22.9 Å². The van der Waals surface area contributed by atoms with Crippen molar-refractivity contribution in [3.8, 4) is 21.8 Å². The zero-order chi connectivity index (χ0) is 20.4. The molecule has 3 aromatic carbocycles. The zero-order valence-electron chi connectivity index (χ0n) is 15.5. The van der Waals surface area contributed by atoms with Gasteiger partial charge in [-0.3, -0.25) is 4.72 Å². The van der Waals surface area contributed by atoms with Gasteiger partial charge in [0.25, 0.3) is 10.0 Å². The molecule has 146 valence electrons. The minimum atomic E-state index is -3.74. The minimum absolute atomic E-state index is 0.124. The summed E-state index contributed by atoms with van der Waals surface area (Å²) in [5.74, 6) is 0. The third-order valence-electron chi connectivity index (χ3n) is 4.39. The average molecular weight is 441 g/mol. The zero-order valence-corrected chi connectivity index (χ0v) is 17.9. The molecule has 0 atom stereocenters. The Kier molecular flexibility index (Phi) is 5.41. The molecule has 0 aliphatic carbocycles. The van der Waals surface area contributed by atoms with E-state index in [1.807, 2.05) is 48.7 Å². The predicted molar refractivity (Wildman–Crippen MR) is 120 cm³/mol. The summed E-state index contributed by atoms with van der Waals surface area (Å²) in [6, 6.07) is 21.8. The highest BCUT2D eigenvalue weighted by atomic mass is 35.5. The molecule has 29 heavy (non-hydrogen) atoms. The van der Waals surface area contributed by atoms with E-state index in [-0.39, 0.29) is 4.90 Å². The Morgan fingerprint density at radius 1 is 0.931 bits per heavy atom. The van der Waals surface area contributed by atoms with Gasteiger partial charge in [0.15, 0.2) is 0 Å². The van der Waals surface area contributed by atoms with Crippen molar-refractivity contribution in [1.82, 2.24) is 4.98 Å². The van der Waals surface area contributed by atoms with Crippen LogP contribution in [0.2, 0.25) is 5.02 Å². The fraction of sp³-hybridized carbons (Fsp3) is 0.0455. The SMILES string of the molecule is Cc1ccc(S(=O)(=O)Nc2cccc(-c3csc(-c4ccccc4)n3)c2)cc1Cl. The first kappa shape index (κ1) is 19.6. The van der Waals surface area contributed by atoms with Gasteiger partial charge in [0, 0.05) is 27.2 Å². The number of hydrogen-bond donors (Lipinski definition) is 1. The van der Waals surface area contributed by atoms with Crippen LogP contribution in [0.4, 0.5) is 5.69 Å². The molecule has 1 heterocycles. The lowest BCUT2D eigenvalue weighted by atomic mass is 10.1. The van der Waals surface area contributed by atoms with Gasteiger partial charge >= 0.3 is 0 Å². The van der Waals surface area contributed by atoms with Crippen LogP contribution in [0.3, 0.4) is 0 Å². The minimum Gasteiger partial charge on any atom is -0.280 e. The van der Waals surface area contributed by atoms with Crippen LogP contribution < -0.4 is 4.72 Å². The number of anilines is 1. The van der Waals surface area contributed by atoms with E-state index < -0.39 is 10.0 Å². The Morgan fingerprint density at radius 3 is 2.45 bits per heavy atom. The fourth-order valence-corrected chi connectivity index (χ4v) is 4.97. The number of aryl methyl sites for hydroxylation is 1. The van der Waals surface area contributed by atoms with Crippen LogP contribution in [0, 0.1) is 6.92 Å². The lowest BCUT2D eigenvalue weighted by Gasteiger charge is -2.10. The molecule has 0 fully saturated rings. The summed E-state index contributed by atoms with van der Waals surface area (Å²) in [5.41, 5.74) is 3.98. The van der Waals surface area contributed by atoms with E-state index in [2.05, 4.69) is 4.72 Å². The van der Waals surface area contributed by atoms with E-state index in [1.54, 1.807) is 41.7 Å². The molecule has 0 unspecified atom stereocenters. The summed E-state index contributed by atoms with van der Waals surface area (Å²) in [6.07, 6.45) is 0. The molecule has 4 aromatic rings. The van der Waals surface area contributed by atoms with E-state index in [0.29, 0.717) is 10.7 Å². The number of nitrogens with zero attached hydrogens (tertiary/aromatic N) is 1. The molecular weight excluding hydrogens is 424 g/mol. The first-order valence-corrected chi connectivity index (χ1v) is 11.6. The van der Waals surface area contributed by atoms with E-state index in [0.717, 1.165) is 27.4 Å². The van der Waals surface area contributed by atoms with E-state index in [1.165, 1.54) is 6.07 Å². The van der Waals surface area contributed by atoms with Crippen molar-refractivity contribution in [3.05, 3.63) is 88.8 Å². The number of nitrogens with one attached hydrogen (secondary N) is 1. The highest BCUT2D eigenvalue weighted by Gasteiger charge is 2.16. The molecule has 0 saturated carbocycles. The molecule has 0 aliphatic heterocycles. The van der Waals surface area contributed by atoms with Crippen molar-refractivity contribution in [2.75, 3.05) is 4.72 Å². The normalized spacial score (nSPS) is 11.4. The maximum Gasteiger partial charge on any atom is 0.261 e. The number of hydrogen-bond acceptors (Lipinski definition) is 4. The van der Waals surface area contributed by atoms with Crippen LogP contribution in [0.5, 0.6) is 0 Å². The first-order valence-electron chi connectivity index (χ1n) is 8.83. The Labute approximate surface area is 178 Å². The van der Waals surface area contributed by atoms with Gasteiger partial charge in [-0.2, -0.15) is 0 Å². The molecule has 0 bridgehead atoms. The second-order valence-corrected chi connectivity index (χ2v) is 9.45. The molecule has 1 aromatic heterocycles. The maximum atomic E-state index is 12.7. The average Bonchev–Trinajstić information content (AvgIpc) is 3.21. The number of sulfonamides is 1. The molecule has 0 aliphatic rings. The summed E-state index contributed by atoms with van der Waals surface area (Å²) in [4.78, 5) is 4.82. The van der Waals surface area contributed by atoms with E-state index in [4.69, 9.17) is 16.6 Å². The molecule has 0 spiro atoms. The van der Waals surface area contributed by atoms with E-state index >= 15 is 0 Å². The van der Waals surface area contributed by atoms with Crippen LogP contribution in [0.1, 0.15) is 5.56 Å². The van der Waals surface area contributed by atoms with Crippen LogP contribution in [0.25, 0.3) is 21.8 Å². The molecule has 0 amide bonds. The smallest absolute Gasteiger partial charge is 0.261 e. The van der Waals surface area contributed by atoms with Crippen molar-refractivity contribution < 1.29 is 8.42 Å². The van der Waals surface area contributed by atoms with E-state index in [9.17, 15) is 8.42 Å². The molecule has 4 rings (SSSR count). The second-order valence-electron chi connectivity index (χ2n) is 6.50. The highest BCUT2D eigenvalue weighted by Crippen LogP contribution is 2.30. The third kappa shape index (κ3) is 4.34. The van der Waals surface area contributed by atoms with Gasteiger partial charge in [-0.15, -0.1) is 11.3 Å². The Bertz CT molecular complexity index is 1270. The Balaban J connectivity index is 1.61. The quantitative estimate of drug-likeness (QED) is 0.399. The van der Waals surface area contributed by atoms with Gasteiger partial charge in [0.1, 0.15) is 5.01 Å². The summed E-state index contributed by atoms with van der Waals surface area (Å²) in [6.45, 7) is 1.83. The van der Waals surface area contributed by atoms with Gasteiger partial charge in [-0.1, -0.05) is 60.1 Å². The number of rotatable bonds is 5. The lowest BCUT2D eigenvalue weighted by Crippen LogP contribution is -2.13. The van der Waals surface area contributed by atoms with Crippen molar-refractivity contribution in [2.24, 2.45) is 0 Å². The molecule has 0 radical (unpaired) electrons.